The second kappa shape index (κ2) is 8.32. The Balaban J connectivity index is 1.20. The van der Waals surface area contributed by atoms with Crippen molar-refractivity contribution in [1.29, 1.82) is 0 Å². The van der Waals surface area contributed by atoms with Crippen LogP contribution >= 0.6 is 0 Å². The van der Waals surface area contributed by atoms with Gasteiger partial charge in [-0.15, -0.1) is 0 Å². The molecule has 0 aliphatic carbocycles. The molecule has 0 unspecified atom stereocenters. The van der Waals surface area contributed by atoms with E-state index in [0.717, 1.165) is 57.2 Å². The highest BCUT2D eigenvalue weighted by Gasteiger charge is 2.33. The Kier molecular flexibility index (Phi) is 5.38. The van der Waals surface area contributed by atoms with Gasteiger partial charge in [-0.2, -0.15) is 0 Å². The van der Waals surface area contributed by atoms with Crippen molar-refractivity contribution in [3.63, 3.8) is 0 Å². The largest absolute Gasteiger partial charge is 0.493 e. The van der Waals surface area contributed by atoms with Gasteiger partial charge in [0.1, 0.15) is 12.3 Å². The van der Waals surface area contributed by atoms with E-state index in [2.05, 4.69) is 33.3 Å². The number of carbonyl (C=O) groups is 2. The van der Waals surface area contributed by atoms with Crippen molar-refractivity contribution in [2.45, 2.75) is 25.9 Å². The lowest BCUT2D eigenvalue weighted by Crippen LogP contribution is -2.56. The van der Waals surface area contributed by atoms with Gasteiger partial charge in [0.2, 0.25) is 11.8 Å². The minimum absolute atomic E-state index is 0.0191. The lowest BCUT2D eigenvalue weighted by atomic mass is 10.1. The van der Waals surface area contributed by atoms with E-state index >= 15 is 0 Å². The van der Waals surface area contributed by atoms with Crippen molar-refractivity contribution in [3.8, 4) is 5.75 Å². The van der Waals surface area contributed by atoms with Crippen LogP contribution in [0.4, 0.5) is 11.4 Å². The van der Waals surface area contributed by atoms with Crippen molar-refractivity contribution >= 4 is 23.2 Å². The monoisotopic (exact) mass is 420 g/mol. The Morgan fingerprint density at radius 3 is 2.77 bits per heavy atom. The van der Waals surface area contributed by atoms with E-state index in [-0.39, 0.29) is 24.4 Å². The fourth-order valence-electron chi connectivity index (χ4n) is 4.72. The van der Waals surface area contributed by atoms with Gasteiger partial charge in [0.25, 0.3) is 0 Å². The smallest absolute Gasteiger partial charge is 0.244 e. The summed E-state index contributed by atoms with van der Waals surface area (Å²) in [5, 5.41) is 2.85. The molecule has 7 nitrogen and oxygen atoms in total. The normalized spacial score (nSPS) is 19.9. The average molecular weight is 421 g/mol. The van der Waals surface area contributed by atoms with Gasteiger partial charge in [-0.3, -0.25) is 24.3 Å². The van der Waals surface area contributed by atoms with Crippen molar-refractivity contribution in [3.05, 3.63) is 53.6 Å². The number of benzene rings is 2. The molecule has 3 heterocycles. The van der Waals surface area contributed by atoms with Crippen LogP contribution in [0.1, 0.15) is 18.1 Å². The van der Waals surface area contributed by atoms with Gasteiger partial charge in [0, 0.05) is 39.1 Å². The molecule has 3 aliphatic rings. The third-order valence-corrected chi connectivity index (χ3v) is 6.51. The van der Waals surface area contributed by atoms with Gasteiger partial charge < -0.3 is 10.1 Å². The molecular weight excluding hydrogens is 392 g/mol. The molecule has 0 spiro atoms. The van der Waals surface area contributed by atoms with E-state index in [1.54, 1.807) is 4.90 Å². The number of para-hydroxylation sites is 2. The molecule has 162 valence electrons. The second-order valence-corrected chi connectivity index (χ2v) is 8.52. The highest BCUT2D eigenvalue weighted by Crippen LogP contribution is 2.30. The summed E-state index contributed by atoms with van der Waals surface area (Å²) >= 11 is 0. The van der Waals surface area contributed by atoms with Gasteiger partial charge in [0.05, 0.1) is 24.0 Å². The lowest BCUT2D eigenvalue weighted by Gasteiger charge is -2.39. The first-order chi connectivity index (χ1) is 15.1. The topological polar surface area (TPSA) is 65.1 Å². The predicted octanol–water partition coefficient (Wildman–Crippen LogP) is 2.11. The number of hydrogen-bond acceptors (Lipinski definition) is 5. The maximum absolute atomic E-state index is 13.3. The SMILES string of the molecule is C[C@@H](C(=O)N1CC(=O)Nc2ccccc21)N1CCN(Cc2ccc3c(c2)CCO3)CC1. The molecular formula is C24H28N4O3. The molecule has 0 bridgehead atoms. The third-order valence-electron chi connectivity index (χ3n) is 6.51. The minimum atomic E-state index is -0.266. The van der Waals surface area contributed by atoms with Crippen LogP contribution < -0.4 is 15.0 Å². The van der Waals surface area contributed by atoms with Crippen molar-refractivity contribution in [2.24, 2.45) is 0 Å². The van der Waals surface area contributed by atoms with E-state index in [4.69, 9.17) is 4.74 Å². The van der Waals surface area contributed by atoms with Gasteiger partial charge in [-0.05, 0) is 36.2 Å². The molecule has 5 rings (SSSR count). The molecule has 1 fully saturated rings. The Morgan fingerprint density at radius 2 is 1.94 bits per heavy atom. The molecule has 3 aliphatic heterocycles. The number of hydrogen-bond donors (Lipinski definition) is 1. The fraction of sp³-hybridized carbons (Fsp3) is 0.417. The molecule has 0 aromatic heterocycles. The summed E-state index contributed by atoms with van der Waals surface area (Å²) in [6, 6.07) is 13.7. The highest BCUT2D eigenvalue weighted by atomic mass is 16.5. The van der Waals surface area contributed by atoms with Crippen LogP contribution in [0.25, 0.3) is 0 Å². The lowest BCUT2D eigenvalue weighted by molar-refractivity contribution is -0.126. The molecule has 7 heteroatoms. The summed E-state index contributed by atoms with van der Waals surface area (Å²) in [7, 11) is 0. The minimum Gasteiger partial charge on any atom is -0.493 e. The Bertz CT molecular complexity index is 1000. The molecule has 2 amide bonds. The summed E-state index contributed by atoms with van der Waals surface area (Å²) in [5.74, 6) is 0.854. The maximum Gasteiger partial charge on any atom is 0.244 e. The van der Waals surface area contributed by atoms with Gasteiger partial charge in [-0.25, -0.2) is 0 Å². The molecule has 0 radical (unpaired) electrons. The predicted molar refractivity (Wildman–Crippen MR) is 119 cm³/mol. The van der Waals surface area contributed by atoms with E-state index in [1.807, 2.05) is 31.2 Å². The summed E-state index contributed by atoms with van der Waals surface area (Å²) in [6.45, 7) is 7.24. The zero-order valence-corrected chi connectivity index (χ0v) is 17.8. The van der Waals surface area contributed by atoms with Crippen LogP contribution in [-0.4, -0.2) is 67.0 Å². The zero-order chi connectivity index (χ0) is 21.4. The first kappa shape index (κ1) is 20.0. The number of nitrogens with zero attached hydrogens (tertiary/aromatic N) is 3. The molecule has 1 saturated heterocycles. The number of carbonyl (C=O) groups excluding carboxylic acids is 2. The quantitative estimate of drug-likeness (QED) is 0.821. The van der Waals surface area contributed by atoms with E-state index in [0.29, 0.717) is 5.69 Å². The number of fused-ring (bicyclic) bond motifs is 2. The first-order valence-corrected chi connectivity index (χ1v) is 11.0. The van der Waals surface area contributed by atoms with Gasteiger partial charge in [-0.1, -0.05) is 24.3 Å². The van der Waals surface area contributed by atoms with Crippen LogP contribution in [0, 0.1) is 0 Å². The van der Waals surface area contributed by atoms with E-state index < -0.39 is 0 Å². The number of piperazine rings is 1. The zero-order valence-electron chi connectivity index (χ0n) is 17.8. The number of nitrogens with one attached hydrogen (secondary N) is 1. The molecule has 2 aromatic rings. The third kappa shape index (κ3) is 4.03. The molecule has 1 N–H and O–H groups in total. The number of amides is 2. The summed E-state index contributed by atoms with van der Waals surface area (Å²) in [6.07, 6.45) is 0.994. The maximum atomic E-state index is 13.3. The van der Waals surface area contributed by atoms with Gasteiger partial charge >= 0.3 is 0 Å². The molecule has 0 saturated carbocycles. The summed E-state index contributed by atoms with van der Waals surface area (Å²) < 4.78 is 5.60. The molecule has 31 heavy (non-hydrogen) atoms. The van der Waals surface area contributed by atoms with Crippen LogP contribution in [0.15, 0.2) is 42.5 Å². The van der Waals surface area contributed by atoms with Crippen LogP contribution in [-0.2, 0) is 22.6 Å². The van der Waals surface area contributed by atoms with Crippen molar-refractivity contribution < 1.29 is 14.3 Å². The van der Waals surface area contributed by atoms with Crippen LogP contribution in [0.5, 0.6) is 5.75 Å². The molecule has 2 aromatic carbocycles. The van der Waals surface area contributed by atoms with Crippen LogP contribution in [0.3, 0.4) is 0 Å². The second-order valence-electron chi connectivity index (χ2n) is 8.52. The Labute approximate surface area is 182 Å². The molecule has 1 atom stereocenters. The van der Waals surface area contributed by atoms with Crippen molar-refractivity contribution in [1.82, 2.24) is 9.80 Å². The van der Waals surface area contributed by atoms with Crippen molar-refractivity contribution in [2.75, 3.05) is 49.5 Å². The number of ether oxygens (including phenoxy) is 1. The van der Waals surface area contributed by atoms with Gasteiger partial charge in [0.15, 0.2) is 0 Å². The Morgan fingerprint density at radius 1 is 1.13 bits per heavy atom. The summed E-state index contributed by atoms with van der Waals surface area (Å²) in [4.78, 5) is 31.6. The number of rotatable bonds is 4. The fourth-order valence-corrected chi connectivity index (χ4v) is 4.72. The summed E-state index contributed by atoms with van der Waals surface area (Å²) in [5.41, 5.74) is 4.10. The first-order valence-electron chi connectivity index (χ1n) is 11.0. The van der Waals surface area contributed by atoms with E-state index in [1.165, 1.54) is 11.1 Å². The standard InChI is InChI=1S/C24H28N4O3/c1-17(24(30)28-16-23(29)25-20-4-2-3-5-21(20)28)27-11-9-26(10-12-27)15-18-6-7-22-19(14-18)8-13-31-22/h2-7,14,17H,8-13,15-16H2,1H3,(H,25,29)/t17-/m0/s1. The Hall–Kier alpha value is -2.90. The average Bonchev–Trinajstić information content (AvgIpc) is 3.26. The van der Waals surface area contributed by atoms with Crippen LogP contribution in [0.2, 0.25) is 0 Å². The highest BCUT2D eigenvalue weighted by molar-refractivity contribution is 6.11. The van der Waals surface area contributed by atoms with E-state index in [9.17, 15) is 9.59 Å². The number of anilines is 2.